The minimum atomic E-state index is -0.650. The van der Waals surface area contributed by atoms with Gasteiger partial charge < -0.3 is 10.5 Å². The fourth-order valence-corrected chi connectivity index (χ4v) is 1.27. The molecule has 0 aliphatic carbocycles. The van der Waals surface area contributed by atoms with Crippen molar-refractivity contribution in [3.63, 3.8) is 0 Å². The Hall–Kier alpha value is -2.95. The zero-order chi connectivity index (χ0) is 13.1. The van der Waals surface area contributed by atoms with Crippen molar-refractivity contribution in [2.75, 3.05) is 12.8 Å². The highest BCUT2D eigenvalue weighted by atomic mass is 16.5. The first kappa shape index (κ1) is 11.5. The second-order valence-electron chi connectivity index (χ2n) is 3.22. The van der Waals surface area contributed by atoms with Gasteiger partial charge in [-0.3, -0.25) is 0 Å². The molecular formula is C10H8N6O2. The van der Waals surface area contributed by atoms with Crippen LogP contribution in [0.15, 0.2) is 18.5 Å². The molecule has 8 nitrogen and oxygen atoms in total. The number of carbonyl (C=O) groups excluding carboxylic acids is 1. The summed E-state index contributed by atoms with van der Waals surface area (Å²) in [6, 6.07) is 3.33. The largest absolute Gasteiger partial charge is 0.464 e. The average molecular weight is 244 g/mol. The van der Waals surface area contributed by atoms with Gasteiger partial charge >= 0.3 is 5.97 Å². The summed E-state index contributed by atoms with van der Waals surface area (Å²) in [6.07, 6.45) is 2.79. The third-order valence-electron chi connectivity index (χ3n) is 2.08. The molecule has 90 valence electrons. The highest BCUT2D eigenvalue weighted by Crippen LogP contribution is 2.12. The van der Waals surface area contributed by atoms with Crippen molar-refractivity contribution < 1.29 is 9.53 Å². The molecule has 0 fully saturated rings. The van der Waals surface area contributed by atoms with Crippen LogP contribution < -0.4 is 5.73 Å². The van der Waals surface area contributed by atoms with Gasteiger partial charge in [0.05, 0.1) is 19.0 Å². The Bertz CT molecular complexity index is 642. The summed E-state index contributed by atoms with van der Waals surface area (Å²) in [4.78, 5) is 19.2. The second kappa shape index (κ2) is 4.50. The van der Waals surface area contributed by atoms with Crippen molar-refractivity contribution in [2.45, 2.75) is 0 Å². The van der Waals surface area contributed by atoms with E-state index >= 15 is 0 Å². The number of nitrogens with zero attached hydrogens (tertiary/aromatic N) is 5. The molecule has 0 unspecified atom stereocenters. The van der Waals surface area contributed by atoms with Crippen LogP contribution in [-0.2, 0) is 4.74 Å². The molecule has 0 saturated heterocycles. The molecule has 0 radical (unpaired) electrons. The number of methoxy groups -OCH3 is 1. The first-order valence-corrected chi connectivity index (χ1v) is 4.82. The third-order valence-corrected chi connectivity index (χ3v) is 2.08. The lowest BCUT2D eigenvalue weighted by atomic mass is 10.4. The number of anilines is 1. The summed E-state index contributed by atoms with van der Waals surface area (Å²) < 4.78 is 5.73. The maximum Gasteiger partial charge on any atom is 0.360 e. The van der Waals surface area contributed by atoms with Gasteiger partial charge in [0.25, 0.3) is 5.95 Å². The van der Waals surface area contributed by atoms with Gasteiger partial charge in [-0.2, -0.15) is 10.4 Å². The number of esters is 1. The van der Waals surface area contributed by atoms with Crippen LogP contribution in [0.4, 0.5) is 5.69 Å². The summed E-state index contributed by atoms with van der Waals surface area (Å²) in [7, 11) is 1.23. The van der Waals surface area contributed by atoms with E-state index in [2.05, 4.69) is 19.8 Å². The molecule has 2 aromatic heterocycles. The highest BCUT2D eigenvalue weighted by molar-refractivity contribution is 5.92. The fourth-order valence-electron chi connectivity index (χ4n) is 1.27. The monoisotopic (exact) mass is 244 g/mol. The van der Waals surface area contributed by atoms with E-state index in [0.717, 1.165) is 0 Å². The lowest BCUT2D eigenvalue weighted by Crippen LogP contribution is -2.07. The minimum Gasteiger partial charge on any atom is -0.464 e. The van der Waals surface area contributed by atoms with Crippen LogP contribution in [0.5, 0.6) is 0 Å². The molecule has 2 heterocycles. The quantitative estimate of drug-likeness (QED) is 0.732. The van der Waals surface area contributed by atoms with E-state index in [0.29, 0.717) is 0 Å². The van der Waals surface area contributed by atoms with E-state index in [1.165, 1.54) is 30.3 Å². The Labute approximate surface area is 102 Å². The van der Waals surface area contributed by atoms with Crippen molar-refractivity contribution in [2.24, 2.45) is 0 Å². The van der Waals surface area contributed by atoms with Crippen molar-refractivity contribution in [1.82, 2.24) is 19.7 Å². The number of carbonyl (C=O) groups is 1. The van der Waals surface area contributed by atoms with Crippen LogP contribution in [0, 0.1) is 11.3 Å². The fraction of sp³-hybridized carbons (Fsp3) is 0.100. The van der Waals surface area contributed by atoms with E-state index < -0.39 is 5.97 Å². The van der Waals surface area contributed by atoms with E-state index in [1.807, 2.05) is 6.07 Å². The summed E-state index contributed by atoms with van der Waals surface area (Å²) in [5.41, 5.74) is 5.93. The Kier molecular flexibility index (Phi) is 2.89. The number of ether oxygens (including phenoxy) is 1. The normalized spacial score (nSPS) is 9.78. The van der Waals surface area contributed by atoms with Crippen LogP contribution >= 0.6 is 0 Å². The number of nitrogens with two attached hydrogens (primary N) is 1. The predicted octanol–water partition coefficient (Wildman–Crippen LogP) is -0.0972. The van der Waals surface area contributed by atoms with Crippen molar-refractivity contribution in [3.8, 4) is 12.0 Å². The van der Waals surface area contributed by atoms with Gasteiger partial charge in [-0.1, -0.05) is 0 Å². The summed E-state index contributed by atoms with van der Waals surface area (Å²) in [6.45, 7) is 0. The smallest absolute Gasteiger partial charge is 0.360 e. The van der Waals surface area contributed by atoms with Crippen molar-refractivity contribution >= 4 is 11.7 Å². The molecule has 0 bridgehead atoms. The molecule has 8 heteroatoms. The number of hydrogen-bond donors (Lipinski definition) is 1. The molecule has 0 spiro atoms. The molecule has 2 aromatic rings. The topological polar surface area (TPSA) is 120 Å². The number of nitrogen functional groups attached to an aromatic ring is 1. The molecule has 2 rings (SSSR count). The maximum atomic E-state index is 11.3. The Morgan fingerprint density at radius 2 is 2.39 bits per heavy atom. The zero-order valence-electron chi connectivity index (χ0n) is 9.36. The standard InChI is InChI=1S/C10H8N6O2/c1-18-9(17)8-7(12)5-16(15-8)10-13-3-2-6(4-11)14-10/h2-3,5H,12H2,1H3. The molecule has 2 N–H and O–H groups in total. The lowest BCUT2D eigenvalue weighted by Gasteiger charge is -1.98. The van der Waals surface area contributed by atoms with Gasteiger partial charge in [0, 0.05) is 6.20 Å². The van der Waals surface area contributed by atoms with Gasteiger partial charge in [0.15, 0.2) is 5.69 Å². The number of rotatable bonds is 2. The predicted molar refractivity (Wildman–Crippen MR) is 59.6 cm³/mol. The molecule has 0 amide bonds. The van der Waals surface area contributed by atoms with Crippen LogP contribution in [-0.4, -0.2) is 32.8 Å². The molecule has 0 saturated carbocycles. The molecule has 18 heavy (non-hydrogen) atoms. The number of hydrogen-bond acceptors (Lipinski definition) is 7. The van der Waals surface area contributed by atoms with E-state index in [-0.39, 0.29) is 23.0 Å². The lowest BCUT2D eigenvalue weighted by molar-refractivity contribution is 0.0594. The van der Waals surface area contributed by atoms with Crippen LogP contribution in [0.2, 0.25) is 0 Å². The Balaban J connectivity index is 2.46. The van der Waals surface area contributed by atoms with Gasteiger partial charge in [0.1, 0.15) is 11.8 Å². The maximum absolute atomic E-state index is 11.3. The average Bonchev–Trinajstić information content (AvgIpc) is 2.80. The van der Waals surface area contributed by atoms with Gasteiger partial charge in [-0.05, 0) is 6.07 Å². The van der Waals surface area contributed by atoms with Gasteiger partial charge in [-0.15, -0.1) is 0 Å². The van der Waals surface area contributed by atoms with E-state index in [1.54, 1.807) is 0 Å². The van der Waals surface area contributed by atoms with Crippen molar-refractivity contribution in [1.29, 1.82) is 5.26 Å². The van der Waals surface area contributed by atoms with Crippen LogP contribution in [0.3, 0.4) is 0 Å². The third kappa shape index (κ3) is 1.97. The minimum absolute atomic E-state index is 0.0246. The second-order valence-corrected chi connectivity index (χ2v) is 3.22. The molecule has 0 aromatic carbocycles. The first-order valence-electron chi connectivity index (χ1n) is 4.82. The van der Waals surface area contributed by atoms with E-state index in [4.69, 9.17) is 11.0 Å². The molecular weight excluding hydrogens is 236 g/mol. The first-order chi connectivity index (χ1) is 8.65. The summed E-state index contributed by atoms with van der Waals surface area (Å²) in [5, 5.41) is 12.6. The van der Waals surface area contributed by atoms with Crippen molar-refractivity contribution in [3.05, 3.63) is 29.8 Å². The number of nitriles is 1. The van der Waals surface area contributed by atoms with Crippen LogP contribution in [0.25, 0.3) is 5.95 Å². The highest BCUT2D eigenvalue weighted by Gasteiger charge is 2.16. The summed E-state index contributed by atoms with van der Waals surface area (Å²) >= 11 is 0. The van der Waals surface area contributed by atoms with E-state index in [9.17, 15) is 4.79 Å². The molecule has 0 atom stereocenters. The summed E-state index contributed by atoms with van der Waals surface area (Å²) in [5.74, 6) is -0.501. The Morgan fingerprint density at radius 3 is 3.06 bits per heavy atom. The van der Waals surface area contributed by atoms with Crippen LogP contribution in [0.1, 0.15) is 16.2 Å². The Morgan fingerprint density at radius 1 is 1.61 bits per heavy atom. The van der Waals surface area contributed by atoms with Gasteiger partial charge in [0.2, 0.25) is 0 Å². The molecule has 0 aliphatic heterocycles. The number of aromatic nitrogens is 4. The van der Waals surface area contributed by atoms with Gasteiger partial charge in [-0.25, -0.2) is 19.4 Å². The zero-order valence-corrected chi connectivity index (χ0v) is 9.36. The molecule has 0 aliphatic rings. The SMILES string of the molecule is COC(=O)c1nn(-c2nccc(C#N)n2)cc1N.